The highest BCUT2D eigenvalue weighted by Gasteiger charge is 2.24. The van der Waals surface area contributed by atoms with Crippen molar-refractivity contribution in [3.63, 3.8) is 0 Å². The molecule has 1 aromatic heterocycles. The summed E-state index contributed by atoms with van der Waals surface area (Å²) in [5.41, 5.74) is 6.75. The fourth-order valence-corrected chi connectivity index (χ4v) is 2.12. The fraction of sp³-hybridized carbons (Fsp3) is 0.636. The summed E-state index contributed by atoms with van der Waals surface area (Å²) >= 11 is 0. The van der Waals surface area contributed by atoms with Gasteiger partial charge in [-0.3, -0.25) is 4.79 Å². The topological polar surface area (TPSA) is 64.2 Å². The molecule has 5 nitrogen and oxygen atoms in total. The van der Waals surface area contributed by atoms with E-state index in [1.54, 1.807) is 9.58 Å². The van der Waals surface area contributed by atoms with E-state index in [0.717, 1.165) is 25.2 Å². The number of hydrogen-bond donors (Lipinski definition) is 1. The van der Waals surface area contributed by atoms with Crippen molar-refractivity contribution in [2.24, 2.45) is 5.92 Å². The Bertz CT molecular complexity index is 399. The zero-order valence-corrected chi connectivity index (χ0v) is 9.81. The SMILES string of the molecule is Cc1cc(N)n(CC2CCN(C)C(=O)C2)n1. The molecular weight excluding hydrogens is 204 g/mol. The maximum Gasteiger partial charge on any atom is 0.222 e. The van der Waals surface area contributed by atoms with Crippen molar-refractivity contribution in [1.82, 2.24) is 14.7 Å². The molecule has 1 saturated heterocycles. The fourth-order valence-electron chi connectivity index (χ4n) is 2.12. The Balaban J connectivity index is 2.00. The van der Waals surface area contributed by atoms with Gasteiger partial charge in [-0.1, -0.05) is 0 Å². The van der Waals surface area contributed by atoms with Gasteiger partial charge < -0.3 is 10.6 Å². The molecule has 0 aromatic carbocycles. The molecule has 1 fully saturated rings. The first-order chi connectivity index (χ1) is 7.56. The highest BCUT2D eigenvalue weighted by molar-refractivity contribution is 5.76. The van der Waals surface area contributed by atoms with Crippen LogP contribution in [0.1, 0.15) is 18.5 Å². The molecule has 0 bridgehead atoms. The lowest BCUT2D eigenvalue weighted by molar-refractivity contribution is -0.133. The summed E-state index contributed by atoms with van der Waals surface area (Å²) in [6.45, 7) is 3.51. The molecule has 0 saturated carbocycles. The number of nitrogen functional groups attached to an aromatic ring is 1. The molecule has 16 heavy (non-hydrogen) atoms. The largest absolute Gasteiger partial charge is 0.384 e. The number of rotatable bonds is 2. The second-order valence-electron chi connectivity index (χ2n) is 4.57. The van der Waals surface area contributed by atoms with Gasteiger partial charge in [0.15, 0.2) is 0 Å². The van der Waals surface area contributed by atoms with Gasteiger partial charge in [-0.2, -0.15) is 5.10 Å². The van der Waals surface area contributed by atoms with Crippen LogP contribution in [0, 0.1) is 12.8 Å². The number of carbonyl (C=O) groups excluding carboxylic acids is 1. The second kappa shape index (κ2) is 4.15. The number of piperidine rings is 1. The number of carbonyl (C=O) groups is 1. The van der Waals surface area contributed by atoms with Crippen molar-refractivity contribution in [3.8, 4) is 0 Å². The lowest BCUT2D eigenvalue weighted by atomic mass is 9.96. The number of nitrogens with two attached hydrogens (primary N) is 1. The predicted octanol–water partition coefficient (Wildman–Crippen LogP) is 0.642. The molecule has 2 rings (SSSR count). The van der Waals surface area contributed by atoms with E-state index in [9.17, 15) is 4.79 Å². The van der Waals surface area contributed by atoms with Gasteiger partial charge in [0.25, 0.3) is 0 Å². The molecule has 2 N–H and O–H groups in total. The highest BCUT2D eigenvalue weighted by Crippen LogP contribution is 2.20. The smallest absolute Gasteiger partial charge is 0.222 e. The number of amides is 1. The number of aromatic nitrogens is 2. The maximum atomic E-state index is 11.5. The number of hydrogen-bond acceptors (Lipinski definition) is 3. The Morgan fingerprint density at radius 1 is 1.62 bits per heavy atom. The Morgan fingerprint density at radius 2 is 2.38 bits per heavy atom. The monoisotopic (exact) mass is 222 g/mol. The van der Waals surface area contributed by atoms with Crippen LogP contribution >= 0.6 is 0 Å². The minimum atomic E-state index is 0.221. The predicted molar refractivity (Wildman–Crippen MR) is 61.7 cm³/mol. The number of anilines is 1. The third kappa shape index (κ3) is 2.18. The maximum absolute atomic E-state index is 11.5. The number of aryl methyl sites for hydroxylation is 1. The molecule has 0 radical (unpaired) electrons. The van der Waals surface area contributed by atoms with E-state index in [4.69, 9.17) is 5.73 Å². The Hall–Kier alpha value is -1.52. The summed E-state index contributed by atoms with van der Waals surface area (Å²) in [5, 5.41) is 4.32. The lowest BCUT2D eigenvalue weighted by Gasteiger charge is -2.28. The van der Waals surface area contributed by atoms with E-state index >= 15 is 0 Å². The third-order valence-electron chi connectivity index (χ3n) is 3.13. The quantitative estimate of drug-likeness (QED) is 0.798. The van der Waals surface area contributed by atoms with Gasteiger partial charge in [0.1, 0.15) is 5.82 Å². The summed E-state index contributed by atoms with van der Waals surface area (Å²) < 4.78 is 1.80. The van der Waals surface area contributed by atoms with Crippen LogP contribution in [0.4, 0.5) is 5.82 Å². The van der Waals surface area contributed by atoms with Gasteiger partial charge in [0.2, 0.25) is 5.91 Å². The minimum absolute atomic E-state index is 0.221. The third-order valence-corrected chi connectivity index (χ3v) is 3.13. The zero-order chi connectivity index (χ0) is 11.7. The van der Waals surface area contributed by atoms with E-state index in [0.29, 0.717) is 18.2 Å². The molecule has 0 aliphatic carbocycles. The van der Waals surface area contributed by atoms with Crippen LogP contribution < -0.4 is 5.73 Å². The van der Waals surface area contributed by atoms with Crippen molar-refractivity contribution in [2.75, 3.05) is 19.3 Å². The average Bonchev–Trinajstić information content (AvgIpc) is 2.51. The lowest BCUT2D eigenvalue weighted by Crippen LogP contribution is -2.37. The molecule has 1 unspecified atom stereocenters. The van der Waals surface area contributed by atoms with Crippen LogP contribution in [0.25, 0.3) is 0 Å². The molecule has 5 heteroatoms. The normalized spacial score (nSPS) is 21.5. The molecule has 2 heterocycles. The molecule has 1 aliphatic rings. The first-order valence-corrected chi connectivity index (χ1v) is 5.60. The van der Waals surface area contributed by atoms with E-state index in [-0.39, 0.29) is 5.91 Å². The van der Waals surface area contributed by atoms with Crippen LogP contribution in [0.15, 0.2) is 6.07 Å². The van der Waals surface area contributed by atoms with Gasteiger partial charge in [-0.15, -0.1) is 0 Å². The van der Waals surface area contributed by atoms with Crippen molar-refractivity contribution in [3.05, 3.63) is 11.8 Å². The summed E-state index contributed by atoms with van der Waals surface area (Å²) in [6, 6.07) is 1.86. The van der Waals surface area contributed by atoms with Gasteiger partial charge in [-0.05, 0) is 19.3 Å². The summed E-state index contributed by atoms with van der Waals surface area (Å²) in [5.74, 6) is 1.27. The van der Waals surface area contributed by atoms with E-state index in [1.807, 2.05) is 20.0 Å². The first-order valence-electron chi connectivity index (χ1n) is 5.60. The van der Waals surface area contributed by atoms with E-state index < -0.39 is 0 Å². The van der Waals surface area contributed by atoms with Crippen molar-refractivity contribution >= 4 is 11.7 Å². The second-order valence-corrected chi connectivity index (χ2v) is 4.57. The summed E-state index contributed by atoms with van der Waals surface area (Å²) in [7, 11) is 1.85. The van der Waals surface area contributed by atoms with Crippen LogP contribution in [-0.4, -0.2) is 34.2 Å². The van der Waals surface area contributed by atoms with Crippen molar-refractivity contribution < 1.29 is 4.79 Å². The molecule has 88 valence electrons. The minimum Gasteiger partial charge on any atom is -0.384 e. The molecule has 1 atom stereocenters. The van der Waals surface area contributed by atoms with Crippen LogP contribution in [0.5, 0.6) is 0 Å². The molecular formula is C11H18N4O. The molecule has 0 spiro atoms. The molecule has 1 amide bonds. The Morgan fingerprint density at radius 3 is 2.94 bits per heavy atom. The van der Waals surface area contributed by atoms with Crippen LogP contribution in [-0.2, 0) is 11.3 Å². The summed E-state index contributed by atoms with van der Waals surface area (Å²) in [6.07, 6.45) is 1.63. The summed E-state index contributed by atoms with van der Waals surface area (Å²) in [4.78, 5) is 13.3. The van der Waals surface area contributed by atoms with E-state index in [2.05, 4.69) is 5.10 Å². The number of likely N-dealkylation sites (tertiary alicyclic amines) is 1. The standard InChI is InChI=1S/C11H18N4O/c1-8-5-10(12)15(13-8)7-9-3-4-14(2)11(16)6-9/h5,9H,3-4,6-7,12H2,1-2H3. The zero-order valence-electron chi connectivity index (χ0n) is 9.81. The molecule has 1 aliphatic heterocycles. The van der Waals surface area contributed by atoms with E-state index in [1.165, 1.54) is 0 Å². The van der Waals surface area contributed by atoms with Gasteiger partial charge >= 0.3 is 0 Å². The van der Waals surface area contributed by atoms with Crippen LogP contribution in [0.2, 0.25) is 0 Å². The van der Waals surface area contributed by atoms with Gasteiger partial charge in [0, 0.05) is 32.6 Å². The van der Waals surface area contributed by atoms with Crippen LogP contribution in [0.3, 0.4) is 0 Å². The van der Waals surface area contributed by atoms with Gasteiger partial charge in [0.05, 0.1) is 5.69 Å². The highest BCUT2D eigenvalue weighted by atomic mass is 16.2. The van der Waals surface area contributed by atoms with Crippen molar-refractivity contribution in [1.29, 1.82) is 0 Å². The van der Waals surface area contributed by atoms with Crippen molar-refractivity contribution in [2.45, 2.75) is 26.3 Å². The molecule has 1 aromatic rings. The Kier molecular flexibility index (Phi) is 2.85. The van der Waals surface area contributed by atoms with Gasteiger partial charge in [-0.25, -0.2) is 4.68 Å². The Labute approximate surface area is 95.2 Å². The number of nitrogens with zero attached hydrogens (tertiary/aromatic N) is 3. The first kappa shape index (κ1) is 11.0. The average molecular weight is 222 g/mol.